The number of aromatic amines is 2. The van der Waals surface area contributed by atoms with Crippen molar-refractivity contribution in [2.24, 2.45) is 0 Å². The van der Waals surface area contributed by atoms with E-state index < -0.39 is 11.2 Å². The van der Waals surface area contributed by atoms with Crippen LogP contribution in [0.1, 0.15) is 16.3 Å². The van der Waals surface area contributed by atoms with Gasteiger partial charge in [0.2, 0.25) is 5.91 Å². The molecule has 1 amide bonds. The van der Waals surface area contributed by atoms with Gasteiger partial charge in [-0.05, 0) is 13.8 Å². The molecule has 0 aliphatic rings. The molecule has 0 fully saturated rings. The zero-order valence-corrected chi connectivity index (χ0v) is 11.2. The third-order valence-electron chi connectivity index (χ3n) is 2.44. The molecule has 8 heteroatoms. The normalized spacial score (nSPS) is 10.4. The summed E-state index contributed by atoms with van der Waals surface area (Å²) in [5.41, 5.74) is -0.0372. The lowest BCUT2D eigenvalue weighted by atomic mass is 10.3. The fourth-order valence-corrected chi connectivity index (χ4v) is 2.31. The maximum absolute atomic E-state index is 11.7. The molecule has 0 atom stereocenters. The predicted molar refractivity (Wildman–Crippen MR) is 71.6 cm³/mol. The predicted octanol–water partition coefficient (Wildman–Crippen LogP) is 0.318. The molecule has 0 radical (unpaired) electrons. The average molecular weight is 280 g/mol. The van der Waals surface area contributed by atoms with Crippen LogP contribution in [-0.2, 0) is 11.2 Å². The third kappa shape index (κ3) is 3.38. The lowest BCUT2D eigenvalue weighted by Crippen LogP contribution is -2.25. The molecule has 2 aromatic rings. The van der Waals surface area contributed by atoms with Crippen molar-refractivity contribution in [3.05, 3.63) is 43.2 Å². The molecule has 0 aromatic carbocycles. The first-order chi connectivity index (χ1) is 8.94. The summed E-state index contributed by atoms with van der Waals surface area (Å²) in [7, 11) is 0. The van der Waals surface area contributed by atoms with Gasteiger partial charge in [0.05, 0.1) is 12.1 Å². The van der Waals surface area contributed by atoms with Gasteiger partial charge in [-0.1, -0.05) is 0 Å². The first-order valence-corrected chi connectivity index (χ1v) is 6.32. The molecule has 0 aliphatic heterocycles. The number of amides is 1. The van der Waals surface area contributed by atoms with E-state index in [1.165, 1.54) is 17.4 Å². The van der Waals surface area contributed by atoms with Crippen molar-refractivity contribution in [3.8, 4) is 0 Å². The highest BCUT2D eigenvalue weighted by atomic mass is 32.1. The molecule has 2 rings (SSSR count). The Balaban J connectivity index is 2.09. The maximum Gasteiger partial charge on any atom is 0.325 e. The zero-order chi connectivity index (χ0) is 14.0. The Bertz CT molecular complexity index is 680. The molecule has 0 aliphatic carbocycles. The number of H-pyrrole nitrogens is 2. The van der Waals surface area contributed by atoms with E-state index in [2.05, 4.69) is 15.3 Å². The number of anilines is 1. The van der Waals surface area contributed by atoms with Crippen molar-refractivity contribution in [1.29, 1.82) is 0 Å². The van der Waals surface area contributed by atoms with E-state index in [0.29, 0.717) is 5.13 Å². The number of carbonyl (C=O) groups excluding carboxylic acids is 1. The third-order valence-corrected chi connectivity index (χ3v) is 3.43. The Labute approximate surface area is 111 Å². The number of carbonyl (C=O) groups is 1. The van der Waals surface area contributed by atoms with Crippen molar-refractivity contribution < 1.29 is 4.79 Å². The van der Waals surface area contributed by atoms with Gasteiger partial charge >= 0.3 is 5.69 Å². The molecule has 100 valence electrons. The maximum atomic E-state index is 11.7. The van der Waals surface area contributed by atoms with Crippen molar-refractivity contribution in [2.75, 3.05) is 5.32 Å². The Hall–Kier alpha value is -2.22. The van der Waals surface area contributed by atoms with E-state index in [9.17, 15) is 14.4 Å². The second-order valence-corrected chi connectivity index (χ2v) is 5.20. The molecule has 19 heavy (non-hydrogen) atoms. The number of aryl methyl sites for hydroxylation is 2. The standard InChI is InChI=1S/C11H12N4O3S/c1-5-6(2)19-11(12-5)15-9(17)4-7-3-8(16)14-10(18)13-7/h3H,4H2,1-2H3,(H,12,15,17)(H2,13,14,16,18). The Morgan fingerprint density at radius 2 is 2.11 bits per heavy atom. The number of aromatic nitrogens is 3. The van der Waals surface area contributed by atoms with E-state index in [1.807, 2.05) is 18.8 Å². The quantitative estimate of drug-likeness (QED) is 0.752. The molecule has 0 unspecified atom stereocenters. The van der Waals surface area contributed by atoms with Crippen LogP contribution >= 0.6 is 11.3 Å². The fraction of sp³-hybridized carbons (Fsp3) is 0.273. The van der Waals surface area contributed by atoms with Gasteiger partial charge in [0.15, 0.2) is 5.13 Å². The van der Waals surface area contributed by atoms with Crippen LogP contribution in [0.3, 0.4) is 0 Å². The first kappa shape index (κ1) is 13.2. The summed E-state index contributed by atoms with van der Waals surface area (Å²) in [6.07, 6.45) is -0.0865. The van der Waals surface area contributed by atoms with Crippen LogP contribution in [0.15, 0.2) is 15.7 Å². The number of nitrogens with zero attached hydrogens (tertiary/aromatic N) is 1. The van der Waals surface area contributed by atoms with E-state index >= 15 is 0 Å². The summed E-state index contributed by atoms with van der Waals surface area (Å²) in [4.78, 5) is 43.5. The summed E-state index contributed by atoms with van der Waals surface area (Å²) in [6.45, 7) is 3.77. The lowest BCUT2D eigenvalue weighted by molar-refractivity contribution is -0.115. The number of thiazole rings is 1. The average Bonchev–Trinajstić information content (AvgIpc) is 2.55. The summed E-state index contributed by atoms with van der Waals surface area (Å²) in [6, 6.07) is 1.18. The minimum atomic E-state index is -0.628. The summed E-state index contributed by atoms with van der Waals surface area (Å²) < 4.78 is 0. The smallest absolute Gasteiger partial charge is 0.311 e. The van der Waals surface area contributed by atoms with Crippen LogP contribution in [0.4, 0.5) is 5.13 Å². The van der Waals surface area contributed by atoms with Crippen LogP contribution in [0.2, 0.25) is 0 Å². The topological polar surface area (TPSA) is 108 Å². The minimum absolute atomic E-state index is 0.0865. The fourth-order valence-electron chi connectivity index (χ4n) is 1.48. The highest BCUT2D eigenvalue weighted by Gasteiger charge is 2.09. The molecule has 7 nitrogen and oxygen atoms in total. The van der Waals surface area contributed by atoms with Gasteiger partial charge in [-0.2, -0.15) is 0 Å². The monoisotopic (exact) mass is 280 g/mol. The van der Waals surface area contributed by atoms with Gasteiger partial charge in [-0.3, -0.25) is 14.6 Å². The summed E-state index contributed by atoms with van der Waals surface area (Å²) >= 11 is 1.38. The van der Waals surface area contributed by atoms with Crippen molar-refractivity contribution in [2.45, 2.75) is 20.3 Å². The van der Waals surface area contributed by atoms with E-state index in [-0.39, 0.29) is 18.0 Å². The van der Waals surface area contributed by atoms with Crippen LogP contribution in [0.5, 0.6) is 0 Å². The molecule has 2 heterocycles. The van der Waals surface area contributed by atoms with Gasteiger partial charge < -0.3 is 10.3 Å². The van der Waals surface area contributed by atoms with Crippen molar-refractivity contribution in [1.82, 2.24) is 15.0 Å². The zero-order valence-electron chi connectivity index (χ0n) is 10.4. The number of hydrogen-bond acceptors (Lipinski definition) is 5. The van der Waals surface area contributed by atoms with Crippen LogP contribution in [0.25, 0.3) is 0 Å². The van der Waals surface area contributed by atoms with Gasteiger partial charge in [0.1, 0.15) is 0 Å². The molecule has 0 bridgehead atoms. The summed E-state index contributed by atoms with van der Waals surface area (Å²) in [5, 5.41) is 3.13. The molecular formula is C11H12N4O3S. The molecule has 0 spiro atoms. The van der Waals surface area contributed by atoms with Gasteiger partial charge in [-0.25, -0.2) is 9.78 Å². The second kappa shape index (κ2) is 5.19. The van der Waals surface area contributed by atoms with Crippen LogP contribution in [0, 0.1) is 13.8 Å². The van der Waals surface area contributed by atoms with Crippen LogP contribution < -0.4 is 16.6 Å². The molecular weight excluding hydrogens is 268 g/mol. The number of hydrogen-bond donors (Lipinski definition) is 3. The SMILES string of the molecule is Cc1nc(NC(=O)Cc2cc(=O)[nH]c(=O)[nH]2)sc1C. The number of rotatable bonds is 3. The van der Waals surface area contributed by atoms with E-state index in [1.54, 1.807) is 0 Å². The van der Waals surface area contributed by atoms with E-state index in [4.69, 9.17) is 0 Å². The molecule has 2 aromatic heterocycles. The largest absolute Gasteiger partial charge is 0.325 e. The highest BCUT2D eigenvalue weighted by Crippen LogP contribution is 2.20. The molecule has 3 N–H and O–H groups in total. The molecule has 0 saturated heterocycles. The lowest BCUT2D eigenvalue weighted by Gasteiger charge is -2.01. The van der Waals surface area contributed by atoms with Crippen molar-refractivity contribution >= 4 is 22.4 Å². The van der Waals surface area contributed by atoms with E-state index in [0.717, 1.165) is 10.6 Å². The Kier molecular flexibility index (Phi) is 3.61. The Morgan fingerprint density at radius 1 is 1.37 bits per heavy atom. The molecule has 0 saturated carbocycles. The van der Waals surface area contributed by atoms with Gasteiger partial charge in [0, 0.05) is 16.6 Å². The van der Waals surface area contributed by atoms with Gasteiger partial charge in [0.25, 0.3) is 5.56 Å². The Morgan fingerprint density at radius 3 is 2.68 bits per heavy atom. The summed E-state index contributed by atoms with van der Waals surface area (Å²) in [5.74, 6) is -0.338. The second-order valence-electron chi connectivity index (χ2n) is 4.00. The van der Waals surface area contributed by atoms with Crippen LogP contribution in [-0.4, -0.2) is 20.9 Å². The van der Waals surface area contributed by atoms with Crippen molar-refractivity contribution in [3.63, 3.8) is 0 Å². The number of nitrogens with one attached hydrogen (secondary N) is 3. The van der Waals surface area contributed by atoms with Gasteiger partial charge in [-0.15, -0.1) is 11.3 Å². The minimum Gasteiger partial charge on any atom is -0.311 e. The highest BCUT2D eigenvalue weighted by molar-refractivity contribution is 7.15. The first-order valence-electron chi connectivity index (χ1n) is 5.50.